The van der Waals surface area contributed by atoms with E-state index >= 15 is 0 Å². The van der Waals surface area contributed by atoms with Gasteiger partial charge in [-0.05, 0) is 41.5 Å². The topological polar surface area (TPSA) is 44.2 Å². The van der Waals surface area contributed by atoms with E-state index in [0.29, 0.717) is 25.0 Å². The summed E-state index contributed by atoms with van der Waals surface area (Å²) in [5.74, 6) is 1.15. The van der Waals surface area contributed by atoms with Gasteiger partial charge in [0.2, 0.25) is 11.8 Å². The van der Waals surface area contributed by atoms with E-state index in [9.17, 15) is 0 Å². The van der Waals surface area contributed by atoms with Crippen molar-refractivity contribution in [1.82, 2.24) is 10.2 Å². The monoisotopic (exact) mass is 650 g/mol. The maximum absolute atomic E-state index is 5.76. The Kier molecular flexibility index (Phi) is 18.9. The Hall–Kier alpha value is 0.0600. The Labute approximate surface area is 219 Å². The minimum Gasteiger partial charge on any atom is -1.00 e. The molecule has 6 nitrogen and oxygen atoms in total. The summed E-state index contributed by atoms with van der Waals surface area (Å²) in [5, 5.41) is 8.29. The average molecular weight is 650 g/mol. The minimum atomic E-state index is 0. The van der Waals surface area contributed by atoms with E-state index < -0.39 is 0 Å². The third kappa shape index (κ3) is 10.6. The molecular weight excluding hydrogens is 606 g/mol. The van der Waals surface area contributed by atoms with Crippen molar-refractivity contribution in [2.75, 3.05) is 65.6 Å². The predicted molar refractivity (Wildman–Crippen MR) is 116 cm³/mol. The molecule has 0 unspecified atom stereocenters. The molecule has 8 heteroatoms. The van der Waals surface area contributed by atoms with Crippen LogP contribution in [0.2, 0.25) is 0 Å². The minimum absolute atomic E-state index is 0. The highest BCUT2D eigenvalue weighted by molar-refractivity contribution is 5.15. The fraction of sp³-hybridized carbons (Fsp3) is 0.818. The molecule has 0 N–H and O–H groups in total. The van der Waals surface area contributed by atoms with Crippen LogP contribution in [0, 0.1) is 0 Å². The van der Waals surface area contributed by atoms with Crippen molar-refractivity contribution in [3.8, 4) is 11.8 Å². The smallest absolute Gasteiger partial charge is 0.233 e. The summed E-state index contributed by atoms with van der Waals surface area (Å²) in [6.45, 7) is 24.3. The molecule has 1 heterocycles. The maximum atomic E-state index is 5.76. The van der Waals surface area contributed by atoms with Gasteiger partial charge in [-0.15, -0.1) is 10.2 Å². The lowest BCUT2D eigenvalue weighted by Crippen LogP contribution is -3.00. The zero-order chi connectivity index (χ0) is 20.9. The largest absolute Gasteiger partial charge is 1.00 e. The lowest BCUT2D eigenvalue weighted by Gasteiger charge is -2.35. The van der Waals surface area contributed by atoms with Crippen LogP contribution < -0.4 is 57.4 Å². The van der Waals surface area contributed by atoms with E-state index in [0.717, 1.165) is 34.9 Å². The second-order valence-corrected chi connectivity index (χ2v) is 7.64. The van der Waals surface area contributed by atoms with Gasteiger partial charge in [0.15, 0.2) is 0 Å². The number of quaternary nitrogens is 2. The van der Waals surface area contributed by atoms with Gasteiger partial charge < -0.3 is 66.4 Å². The molecule has 0 aromatic carbocycles. The second kappa shape index (κ2) is 17.6. The molecule has 0 aliphatic carbocycles. The van der Waals surface area contributed by atoms with Gasteiger partial charge in [0.05, 0.1) is 65.6 Å². The summed E-state index contributed by atoms with van der Waals surface area (Å²) in [6.07, 6.45) is 2.06. The Morgan fingerprint density at radius 3 is 1.13 bits per heavy atom. The number of ether oxygens (including phenoxy) is 2. The fourth-order valence-electron chi connectivity index (χ4n) is 3.91. The average Bonchev–Trinajstić information content (AvgIpc) is 2.76. The maximum Gasteiger partial charge on any atom is 0.233 e. The number of aromatic nitrogens is 2. The summed E-state index contributed by atoms with van der Waals surface area (Å²) < 4.78 is 13.8. The Morgan fingerprint density at radius 2 is 0.900 bits per heavy atom. The Morgan fingerprint density at radius 1 is 0.600 bits per heavy atom. The van der Waals surface area contributed by atoms with E-state index in [1.54, 1.807) is 0 Å². The fourth-order valence-corrected chi connectivity index (χ4v) is 3.91. The van der Waals surface area contributed by atoms with Crippen LogP contribution >= 0.6 is 0 Å². The number of hydrogen-bond donors (Lipinski definition) is 0. The molecule has 0 saturated carbocycles. The van der Waals surface area contributed by atoms with E-state index in [2.05, 4.69) is 51.7 Å². The number of nitrogens with zero attached hydrogens (tertiary/aromatic N) is 4. The van der Waals surface area contributed by atoms with Crippen molar-refractivity contribution in [3.05, 3.63) is 12.1 Å². The van der Waals surface area contributed by atoms with Crippen LogP contribution in [0.4, 0.5) is 0 Å². The molecule has 0 aliphatic rings. The summed E-state index contributed by atoms with van der Waals surface area (Å²) in [5.41, 5.74) is 0. The van der Waals surface area contributed by atoms with Gasteiger partial charge in [0, 0.05) is 25.0 Å². The zero-order valence-electron chi connectivity index (χ0n) is 20.0. The normalized spacial score (nSPS) is 11.4. The molecule has 1 aromatic heterocycles. The Balaban J connectivity index is 0. The molecule has 1 aromatic rings. The van der Waals surface area contributed by atoms with E-state index in [-0.39, 0.29) is 48.0 Å². The molecular formula is C22H44I2N4O2. The highest BCUT2D eigenvalue weighted by Gasteiger charge is 2.20. The molecule has 178 valence electrons. The zero-order valence-corrected chi connectivity index (χ0v) is 24.3. The predicted octanol–water partition coefficient (Wildman–Crippen LogP) is -2.22. The molecule has 30 heavy (non-hydrogen) atoms. The van der Waals surface area contributed by atoms with E-state index in [4.69, 9.17) is 9.47 Å². The standard InChI is InChI=1S/C22H44N4O2.2HI/c1-7-25(8-2,9-3)17-13-19-27-21-15-16-22(24-23-21)28-20-14-18-26(10-4,11-5)12-6;;/h15-16H,7-14,17-20H2,1-6H3;2*1H/q+2;;/p-2. The molecule has 0 fully saturated rings. The molecule has 0 amide bonds. The third-order valence-corrected chi connectivity index (χ3v) is 6.69. The van der Waals surface area contributed by atoms with Crippen molar-refractivity contribution < 1.29 is 66.4 Å². The molecule has 0 aliphatic heterocycles. The lowest BCUT2D eigenvalue weighted by atomic mass is 10.3. The first-order chi connectivity index (χ1) is 13.5. The van der Waals surface area contributed by atoms with Gasteiger partial charge in [-0.1, -0.05) is 0 Å². The van der Waals surface area contributed by atoms with Crippen molar-refractivity contribution in [1.29, 1.82) is 0 Å². The third-order valence-electron chi connectivity index (χ3n) is 6.69. The van der Waals surface area contributed by atoms with Crippen LogP contribution in [0.5, 0.6) is 11.8 Å². The van der Waals surface area contributed by atoms with Crippen molar-refractivity contribution >= 4 is 0 Å². The number of hydrogen-bond acceptors (Lipinski definition) is 4. The quantitative estimate of drug-likeness (QED) is 0.116. The van der Waals surface area contributed by atoms with Gasteiger partial charge >= 0.3 is 0 Å². The van der Waals surface area contributed by atoms with E-state index in [1.807, 2.05) is 12.1 Å². The highest BCUT2D eigenvalue weighted by atomic mass is 127. The first kappa shape index (κ1) is 32.2. The van der Waals surface area contributed by atoms with Crippen LogP contribution in [0.3, 0.4) is 0 Å². The van der Waals surface area contributed by atoms with Crippen molar-refractivity contribution in [2.45, 2.75) is 54.4 Å². The second-order valence-electron chi connectivity index (χ2n) is 7.64. The van der Waals surface area contributed by atoms with Crippen LogP contribution in [0.15, 0.2) is 12.1 Å². The molecule has 1 rings (SSSR count). The first-order valence-corrected chi connectivity index (χ1v) is 11.3. The van der Waals surface area contributed by atoms with Crippen LogP contribution in [-0.4, -0.2) is 84.7 Å². The molecule has 0 spiro atoms. The number of halogens is 2. The highest BCUT2D eigenvalue weighted by Crippen LogP contribution is 2.13. The van der Waals surface area contributed by atoms with Gasteiger partial charge in [-0.3, -0.25) is 0 Å². The molecule has 0 radical (unpaired) electrons. The summed E-state index contributed by atoms with van der Waals surface area (Å²) in [4.78, 5) is 0. The van der Waals surface area contributed by atoms with Gasteiger partial charge in [-0.2, -0.15) is 0 Å². The van der Waals surface area contributed by atoms with Crippen LogP contribution in [-0.2, 0) is 0 Å². The Bertz CT molecular complexity index is 461. The van der Waals surface area contributed by atoms with Crippen LogP contribution in [0.25, 0.3) is 0 Å². The lowest BCUT2D eigenvalue weighted by molar-refractivity contribution is -0.923. The van der Waals surface area contributed by atoms with E-state index in [1.165, 1.54) is 39.3 Å². The molecule has 0 saturated heterocycles. The summed E-state index contributed by atoms with van der Waals surface area (Å²) in [7, 11) is 0. The molecule has 0 bridgehead atoms. The SMILES string of the molecule is CC[N+](CC)(CC)CCCOc1ccc(OCCC[N+](CC)(CC)CC)nn1.[I-].[I-]. The summed E-state index contributed by atoms with van der Waals surface area (Å²) in [6, 6.07) is 3.71. The number of rotatable bonds is 16. The first-order valence-electron chi connectivity index (χ1n) is 11.3. The molecule has 0 atom stereocenters. The van der Waals surface area contributed by atoms with Gasteiger partial charge in [0.25, 0.3) is 0 Å². The van der Waals surface area contributed by atoms with Crippen LogP contribution in [0.1, 0.15) is 54.4 Å². The summed E-state index contributed by atoms with van der Waals surface area (Å²) >= 11 is 0. The van der Waals surface area contributed by atoms with Gasteiger partial charge in [0.1, 0.15) is 0 Å². The van der Waals surface area contributed by atoms with Crippen molar-refractivity contribution in [3.63, 3.8) is 0 Å². The van der Waals surface area contributed by atoms with Crippen molar-refractivity contribution in [2.24, 2.45) is 0 Å². The van der Waals surface area contributed by atoms with Gasteiger partial charge in [-0.25, -0.2) is 0 Å².